The Labute approximate surface area is 80.9 Å². The molecule has 0 N–H and O–H groups in total. The first-order chi connectivity index (χ1) is 6.36. The van der Waals surface area contributed by atoms with Crippen LogP contribution in [0.4, 0.5) is 0 Å². The third-order valence-corrected chi connectivity index (χ3v) is 2.59. The summed E-state index contributed by atoms with van der Waals surface area (Å²) in [6.07, 6.45) is 7.18. The van der Waals surface area contributed by atoms with Crippen molar-refractivity contribution in [3.05, 3.63) is 12.7 Å². The van der Waals surface area contributed by atoms with Gasteiger partial charge in [-0.3, -0.25) is 0 Å². The van der Waals surface area contributed by atoms with Crippen molar-refractivity contribution in [1.29, 1.82) is 0 Å². The van der Waals surface area contributed by atoms with Gasteiger partial charge in [-0.1, -0.05) is 12.5 Å². The van der Waals surface area contributed by atoms with Crippen LogP contribution in [0, 0.1) is 5.92 Å². The predicted molar refractivity (Wildman–Crippen MR) is 53.8 cm³/mol. The number of ether oxygens (including phenoxy) is 2. The molecule has 0 bridgehead atoms. The normalized spacial score (nSPS) is 28.7. The summed E-state index contributed by atoms with van der Waals surface area (Å²) in [5.41, 5.74) is 0. The average molecular weight is 184 g/mol. The van der Waals surface area contributed by atoms with Crippen LogP contribution in [0.1, 0.15) is 25.7 Å². The van der Waals surface area contributed by atoms with Crippen LogP contribution in [-0.2, 0) is 9.47 Å². The van der Waals surface area contributed by atoms with E-state index < -0.39 is 0 Å². The molecule has 13 heavy (non-hydrogen) atoms. The lowest BCUT2D eigenvalue weighted by Gasteiger charge is -2.28. The van der Waals surface area contributed by atoms with Gasteiger partial charge in [0.05, 0.1) is 12.7 Å². The molecule has 0 aromatic rings. The van der Waals surface area contributed by atoms with E-state index in [-0.39, 0.29) is 0 Å². The summed E-state index contributed by atoms with van der Waals surface area (Å²) in [4.78, 5) is 0. The first-order valence-corrected chi connectivity index (χ1v) is 5.08. The van der Waals surface area contributed by atoms with Crippen LogP contribution in [0.15, 0.2) is 12.7 Å². The molecule has 0 radical (unpaired) electrons. The van der Waals surface area contributed by atoms with Crippen LogP contribution in [0.2, 0.25) is 0 Å². The van der Waals surface area contributed by atoms with Crippen molar-refractivity contribution in [2.45, 2.75) is 31.8 Å². The summed E-state index contributed by atoms with van der Waals surface area (Å²) < 4.78 is 10.8. The Kier molecular flexibility index (Phi) is 5.09. The standard InChI is InChI=1S/C11H20O2/c1-3-7-13-11-6-4-5-10(8-11)9-12-2/h3,10-11H,1,4-9H2,2H3/t10-,11+/m0/s1. The highest BCUT2D eigenvalue weighted by Crippen LogP contribution is 2.26. The Morgan fingerprint density at radius 2 is 2.31 bits per heavy atom. The zero-order valence-electron chi connectivity index (χ0n) is 8.50. The summed E-state index contributed by atoms with van der Waals surface area (Å²) >= 11 is 0. The molecule has 1 aliphatic rings. The van der Waals surface area contributed by atoms with E-state index in [1.807, 2.05) is 6.08 Å². The summed E-state index contributed by atoms with van der Waals surface area (Å²) in [7, 11) is 1.77. The first kappa shape index (κ1) is 10.7. The molecule has 1 fully saturated rings. The minimum Gasteiger partial charge on any atom is -0.384 e. The van der Waals surface area contributed by atoms with Crippen LogP contribution in [0.25, 0.3) is 0 Å². The lowest BCUT2D eigenvalue weighted by Crippen LogP contribution is -2.25. The molecule has 1 aliphatic carbocycles. The Bertz CT molecular complexity index is 143. The van der Waals surface area contributed by atoms with Gasteiger partial charge >= 0.3 is 0 Å². The maximum Gasteiger partial charge on any atom is 0.0648 e. The largest absolute Gasteiger partial charge is 0.384 e. The molecule has 0 amide bonds. The zero-order valence-corrected chi connectivity index (χ0v) is 8.50. The molecule has 2 heteroatoms. The van der Waals surface area contributed by atoms with Gasteiger partial charge in [0.25, 0.3) is 0 Å². The van der Waals surface area contributed by atoms with Crippen molar-refractivity contribution in [3.8, 4) is 0 Å². The monoisotopic (exact) mass is 184 g/mol. The summed E-state index contributed by atoms with van der Waals surface area (Å²) in [5, 5.41) is 0. The molecule has 1 saturated carbocycles. The summed E-state index contributed by atoms with van der Waals surface area (Å²) in [6, 6.07) is 0. The number of rotatable bonds is 5. The van der Waals surface area contributed by atoms with Crippen molar-refractivity contribution >= 4 is 0 Å². The first-order valence-electron chi connectivity index (χ1n) is 5.08. The van der Waals surface area contributed by atoms with E-state index in [1.165, 1.54) is 19.3 Å². The molecule has 2 nitrogen and oxygen atoms in total. The van der Waals surface area contributed by atoms with Crippen LogP contribution in [0.3, 0.4) is 0 Å². The van der Waals surface area contributed by atoms with Gasteiger partial charge in [0, 0.05) is 13.7 Å². The molecule has 76 valence electrons. The van der Waals surface area contributed by atoms with Gasteiger partial charge in [0.1, 0.15) is 0 Å². The predicted octanol–water partition coefficient (Wildman–Crippen LogP) is 2.39. The second kappa shape index (κ2) is 6.17. The molecular weight excluding hydrogens is 164 g/mol. The fraction of sp³-hybridized carbons (Fsp3) is 0.818. The Morgan fingerprint density at radius 1 is 1.46 bits per heavy atom. The minimum atomic E-state index is 0.437. The van der Waals surface area contributed by atoms with Gasteiger partial charge in [-0.05, 0) is 25.2 Å². The van der Waals surface area contributed by atoms with Gasteiger partial charge in [0.2, 0.25) is 0 Å². The molecule has 0 saturated heterocycles. The molecule has 2 atom stereocenters. The van der Waals surface area contributed by atoms with Crippen LogP contribution >= 0.6 is 0 Å². The van der Waals surface area contributed by atoms with E-state index in [2.05, 4.69) is 6.58 Å². The van der Waals surface area contributed by atoms with Crippen molar-refractivity contribution in [2.75, 3.05) is 20.3 Å². The quantitative estimate of drug-likeness (QED) is 0.611. The van der Waals surface area contributed by atoms with Gasteiger partial charge in [-0.15, -0.1) is 6.58 Å². The third-order valence-electron chi connectivity index (χ3n) is 2.59. The molecule has 0 spiro atoms. The van der Waals surface area contributed by atoms with Gasteiger partial charge in [-0.25, -0.2) is 0 Å². The summed E-state index contributed by atoms with van der Waals surface area (Å²) in [6.45, 7) is 5.22. The van der Waals surface area contributed by atoms with E-state index in [9.17, 15) is 0 Å². The zero-order chi connectivity index (χ0) is 9.52. The molecule has 0 aliphatic heterocycles. The highest BCUT2D eigenvalue weighted by atomic mass is 16.5. The van der Waals surface area contributed by atoms with Gasteiger partial charge < -0.3 is 9.47 Å². The van der Waals surface area contributed by atoms with Crippen molar-refractivity contribution in [3.63, 3.8) is 0 Å². The van der Waals surface area contributed by atoms with Crippen molar-refractivity contribution < 1.29 is 9.47 Å². The van der Waals surface area contributed by atoms with E-state index in [4.69, 9.17) is 9.47 Å². The maximum atomic E-state index is 5.64. The van der Waals surface area contributed by atoms with Crippen LogP contribution in [-0.4, -0.2) is 26.4 Å². The molecule has 1 rings (SSSR count). The van der Waals surface area contributed by atoms with E-state index in [0.717, 1.165) is 13.0 Å². The lowest BCUT2D eigenvalue weighted by molar-refractivity contribution is 0.0119. The minimum absolute atomic E-state index is 0.437. The Hall–Kier alpha value is -0.340. The highest BCUT2D eigenvalue weighted by Gasteiger charge is 2.21. The van der Waals surface area contributed by atoms with Gasteiger partial charge in [-0.2, -0.15) is 0 Å². The van der Waals surface area contributed by atoms with E-state index >= 15 is 0 Å². The van der Waals surface area contributed by atoms with Crippen molar-refractivity contribution in [2.24, 2.45) is 5.92 Å². The molecule has 0 heterocycles. The third kappa shape index (κ3) is 3.92. The fourth-order valence-corrected chi connectivity index (χ4v) is 1.98. The lowest BCUT2D eigenvalue weighted by atomic mass is 9.88. The van der Waals surface area contributed by atoms with Crippen LogP contribution < -0.4 is 0 Å². The van der Waals surface area contributed by atoms with Crippen LogP contribution in [0.5, 0.6) is 0 Å². The highest BCUT2D eigenvalue weighted by molar-refractivity contribution is 4.75. The Balaban J connectivity index is 2.20. The molecule has 0 aromatic carbocycles. The molecule has 0 aromatic heterocycles. The van der Waals surface area contributed by atoms with E-state index in [0.29, 0.717) is 18.6 Å². The Morgan fingerprint density at radius 3 is 3.00 bits per heavy atom. The number of methoxy groups -OCH3 is 1. The van der Waals surface area contributed by atoms with Gasteiger partial charge in [0.15, 0.2) is 0 Å². The number of hydrogen-bond acceptors (Lipinski definition) is 2. The topological polar surface area (TPSA) is 18.5 Å². The smallest absolute Gasteiger partial charge is 0.0648 e. The molecule has 0 unspecified atom stereocenters. The fourth-order valence-electron chi connectivity index (χ4n) is 1.98. The van der Waals surface area contributed by atoms with Crippen molar-refractivity contribution in [1.82, 2.24) is 0 Å². The summed E-state index contributed by atoms with van der Waals surface area (Å²) in [5.74, 6) is 0.702. The SMILES string of the molecule is C=CCO[C@@H]1CCC[C@H](COC)C1. The second-order valence-corrected chi connectivity index (χ2v) is 3.73. The van der Waals surface area contributed by atoms with E-state index in [1.54, 1.807) is 7.11 Å². The second-order valence-electron chi connectivity index (χ2n) is 3.73. The maximum absolute atomic E-state index is 5.64. The number of hydrogen-bond donors (Lipinski definition) is 0. The molecular formula is C11H20O2. The average Bonchev–Trinajstić information content (AvgIpc) is 2.16.